The lowest BCUT2D eigenvalue weighted by Gasteiger charge is -2.27. The van der Waals surface area contributed by atoms with Crippen LogP contribution in [0.5, 0.6) is 0 Å². The van der Waals surface area contributed by atoms with Gasteiger partial charge in [-0.2, -0.15) is 5.26 Å². The second-order valence-corrected chi connectivity index (χ2v) is 6.46. The van der Waals surface area contributed by atoms with Gasteiger partial charge < -0.3 is 0 Å². The number of aryl methyl sites for hydroxylation is 2. The van der Waals surface area contributed by atoms with Crippen LogP contribution in [-0.4, -0.2) is 17.8 Å². The van der Waals surface area contributed by atoms with E-state index >= 15 is 0 Å². The smallest absolute Gasteiger partial charge is 0.119 e. The molecule has 19 heavy (non-hydrogen) atoms. The maximum Gasteiger partial charge on any atom is 0.119 e. The summed E-state index contributed by atoms with van der Waals surface area (Å²) in [7, 11) is 0. The van der Waals surface area contributed by atoms with E-state index in [0.29, 0.717) is 5.92 Å². The third kappa shape index (κ3) is 3.32. The molecule has 1 N–H and O–H groups in total. The molecule has 0 radical (unpaired) electrons. The van der Waals surface area contributed by atoms with Gasteiger partial charge in [-0.05, 0) is 50.8 Å². The van der Waals surface area contributed by atoms with E-state index in [4.69, 9.17) is 0 Å². The van der Waals surface area contributed by atoms with E-state index in [9.17, 15) is 5.26 Å². The zero-order chi connectivity index (χ0) is 13.9. The van der Waals surface area contributed by atoms with Crippen LogP contribution in [0.3, 0.4) is 0 Å². The predicted molar refractivity (Wildman–Crippen MR) is 81.4 cm³/mol. The summed E-state index contributed by atoms with van der Waals surface area (Å²) in [6.45, 7) is 7.20. The highest BCUT2D eigenvalue weighted by Gasteiger charge is 2.45. The Balaban J connectivity index is 2.10. The topological polar surface area (TPSA) is 35.8 Å². The molecule has 0 amide bonds. The van der Waals surface area contributed by atoms with Crippen molar-refractivity contribution in [2.24, 2.45) is 5.92 Å². The van der Waals surface area contributed by atoms with Crippen LogP contribution in [0.25, 0.3) is 0 Å². The summed E-state index contributed by atoms with van der Waals surface area (Å²) < 4.78 is 0. The molecule has 0 saturated heterocycles. The van der Waals surface area contributed by atoms with Crippen molar-refractivity contribution >= 4 is 11.8 Å². The number of hydrogen-bond donors (Lipinski definition) is 1. The first kappa shape index (κ1) is 14.4. The zero-order valence-electron chi connectivity index (χ0n) is 12.0. The van der Waals surface area contributed by atoms with Crippen molar-refractivity contribution in [2.45, 2.75) is 44.0 Å². The summed E-state index contributed by atoms with van der Waals surface area (Å²) >= 11 is 1.82. The molecule has 0 aromatic heterocycles. The summed E-state index contributed by atoms with van der Waals surface area (Å²) in [5.74, 6) is 1.38. The van der Waals surface area contributed by atoms with Crippen LogP contribution < -0.4 is 5.32 Å². The second kappa shape index (κ2) is 5.98. The number of nitrogens with one attached hydrogen (secondary N) is 1. The van der Waals surface area contributed by atoms with Gasteiger partial charge >= 0.3 is 0 Å². The highest BCUT2D eigenvalue weighted by Crippen LogP contribution is 2.42. The van der Waals surface area contributed by atoms with Gasteiger partial charge in [-0.3, -0.25) is 5.32 Å². The number of nitrogens with zero attached hydrogens (tertiary/aromatic N) is 1. The predicted octanol–water partition coefficient (Wildman–Crippen LogP) is 3.68. The molecular formula is C16H22N2S. The molecule has 0 aliphatic heterocycles. The second-order valence-electron chi connectivity index (χ2n) is 5.45. The molecule has 1 aromatic rings. The zero-order valence-corrected chi connectivity index (χ0v) is 12.8. The standard InChI is InChI=1S/C16H22N2S/c1-4-18-16(10-17,14-7-8-14)11-19-15-9-12(2)5-6-13(15)3/h5-6,9,14,18H,4,7-8,11H2,1-3H3. The van der Waals surface area contributed by atoms with Crippen molar-refractivity contribution in [3.8, 4) is 6.07 Å². The Labute approximate surface area is 120 Å². The molecular weight excluding hydrogens is 252 g/mol. The van der Waals surface area contributed by atoms with Crippen LogP contribution in [0.15, 0.2) is 23.1 Å². The SMILES string of the molecule is CCNC(C#N)(CSc1cc(C)ccc1C)C1CC1. The molecule has 1 atom stereocenters. The largest absolute Gasteiger partial charge is 0.299 e. The third-order valence-electron chi connectivity index (χ3n) is 3.76. The molecule has 1 aliphatic carbocycles. The van der Waals surface area contributed by atoms with Crippen LogP contribution in [-0.2, 0) is 0 Å². The molecule has 0 heterocycles. The van der Waals surface area contributed by atoms with Crippen LogP contribution in [0.4, 0.5) is 0 Å². The summed E-state index contributed by atoms with van der Waals surface area (Å²) in [5.41, 5.74) is 2.25. The fourth-order valence-electron chi connectivity index (χ4n) is 2.42. The number of benzene rings is 1. The number of thioether (sulfide) groups is 1. The van der Waals surface area contributed by atoms with Crippen LogP contribution >= 0.6 is 11.8 Å². The van der Waals surface area contributed by atoms with Gasteiger partial charge in [0.2, 0.25) is 0 Å². The normalized spacial score (nSPS) is 17.8. The maximum absolute atomic E-state index is 9.59. The molecule has 0 spiro atoms. The monoisotopic (exact) mass is 274 g/mol. The van der Waals surface area contributed by atoms with Crippen molar-refractivity contribution in [3.63, 3.8) is 0 Å². The average molecular weight is 274 g/mol. The van der Waals surface area contributed by atoms with E-state index in [1.807, 2.05) is 11.8 Å². The summed E-state index contributed by atoms with van der Waals surface area (Å²) in [6, 6.07) is 9.08. The third-order valence-corrected chi connectivity index (χ3v) is 5.12. The minimum Gasteiger partial charge on any atom is -0.299 e. The lowest BCUT2D eigenvalue weighted by atomic mass is 9.98. The van der Waals surface area contributed by atoms with E-state index < -0.39 is 0 Å². The summed E-state index contributed by atoms with van der Waals surface area (Å²) in [4.78, 5) is 1.30. The highest BCUT2D eigenvalue weighted by atomic mass is 32.2. The van der Waals surface area contributed by atoms with Gasteiger partial charge in [0.15, 0.2) is 0 Å². The van der Waals surface area contributed by atoms with Gasteiger partial charge in [-0.25, -0.2) is 0 Å². The van der Waals surface area contributed by atoms with E-state index in [-0.39, 0.29) is 5.54 Å². The number of nitriles is 1. The van der Waals surface area contributed by atoms with Gasteiger partial charge in [-0.15, -0.1) is 11.8 Å². The minimum atomic E-state index is -0.338. The van der Waals surface area contributed by atoms with Crippen molar-refractivity contribution in [1.29, 1.82) is 5.26 Å². The quantitative estimate of drug-likeness (QED) is 0.804. The van der Waals surface area contributed by atoms with E-state index in [2.05, 4.69) is 50.4 Å². The fourth-order valence-corrected chi connectivity index (χ4v) is 3.77. The Morgan fingerprint density at radius 2 is 2.16 bits per heavy atom. The van der Waals surface area contributed by atoms with E-state index in [0.717, 1.165) is 12.3 Å². The highest BCUT2D eigenvalue weighted by molar-refractivity contribution is 7.99. The van der Waals surface area contributed by atoms with Gasteiger partial charge in [0.25, 0.3) is 0 Å². The first-order valence-corrected chi connectivity index (χ1v) is 7.96. The van der Waals surface area contributed by atoms with Gasteiger partial charge in [-0.1, -0.05) is 24.6 Å². The van der Waals surface area contributed by atoms with Gasteiger partial charge in [0.05, 0.1) is 6.07 Å². The first-order valence-electron chi connectivity index (χ1n) is 6.97. The van der Waals surface area contributed by atoms with Crippen LogP contribution in [0, 0.1) is 31.1 Å². The molecule has 1 saturated carbocycles. The van der Waals surface area contributed by atoms with Crippen molar-refractivity contribution in [2.75, 3.05) is 12.3 Å². The Bertz CT molecular complexity index is 488. The Hall–Kier alpha value is -0.980. The van der Waals surface area contributed by atoms with Gasteiger partial charge in [0, 0.05) is 10.6 Å². The van der Waals surface area contributed by atoms with Crippen molar-refractivity contribution in [3.05, 3.63) is 29.3 Å². The Morgan fingerprint density at radius 1 is 1.42 bits per heavy atom. The lowest BCUT2D eigenvalue weighted by Crippen LogP contribution is -2.48. The number of hydrogen-bond acceptors (Lipinski definition) is 3. The van der Waals surface area contributed by atoms with Crippen molar-refractivity contribution < 1.29 is 0 Å². The molecule has 2 nitrogen and oxygen atoms in total. The lowest BCUT2D eigenvalue weighted by molar-refractivity contribution is 0.416. The molecule has 1 aromatic carbocycles. The Kier molecular flexibility index (Phi) is 4.54. The summed E-state index contributed by atoms with van der Waals surface area (Å²) in [6.07, 6.45) is 2.38. The minimum absolute atomic E-state index is 0.338. The number of rotatable bonds is 6. The molecule has 1 fully saturated rings. The molecule has 1 unspecified atom stereocenters. The Morgan fingerprint density at radius 3 is 2.74 bits per heavy atom. The fraction of sp³-hybridized carbons (Fsp3) is 0.562. The molecule has 1 aliphatic rings. The van der Waals surface area contributed by atoms with E-state index in [1.165, 1.54) is 28.9 Å². The first-order chi connectivity index (χ1) is 9.11. The molecule has 3 heteroatoms. The van der Waals surface area contributed by atoms with Gasteiger partial charge in [0.1, 0.15) is 5.54 Å². The average Bonchev–Trinajstić information content (AvgIpc) is 3.23. The van der Waals surface area contributed by atoms with Crippen molar-refractivity contribution in [1.82, 2.24) is 5.32 Å². The van der Waals surface area contributed by atoms with Crippen LogP contribution in [0.1, 0.15) is 30.9 Å². The van der Waals surface area contributed by atoms with Crippen LogP contribution in [0.2, 0.25) is 0 Å². The molecule has 2 rings (SSSR count). The molecule has 102 valence electrons. The van der Waals surface area contributed by atoms with E-state index in [1.54, 1.807) is 0 Å². The maximum atomic E-state index is 9.59. The molecule has 0 bridgehead atoms. The summed E-state index contributed by atoms with van der Waals surface area (Å²) in [5, 5.41) is 13.0.